The van der Waals surface area contributed by atoms with E-state index in [1.165, 1.54) is 4.90 Å². The molecule has 1 rings (SSSR count). The molecule has 1 aromatic carbocycles. The highest BCUT2D eigenvalue weighted by molar-refractivity contribution is 5.88. The van der Waals surface area contributed by atoms with Gasteiger partial charge < -0.3 is 15.1 Å². The van der Waals surface area contributed by atoms with Gasteiger partial charge in [0.1, 0.15) is 17.3 Å². The van der Waals surface area contributed by atoms with Crippen molar-refractivity contribution in [2.75, 3.05) is 18.1 Å². The van der Waals surface area contributed by atoms with E-state index in [2.05, 4.69) is 0 Å². The first-order valence-electron chi connectivity index (χ1n) is 6.56. The molecule has 0 bridgehead atoms. The van der Waals surface area contributed by atoms with Gasteiger partial charge in [-0.15, -0.1) is 0 Å². The fraction of sp³-hybridized carbons (Fsp3) is 0.500. The number of hydrogen-bond acceptors (Lipinski definition) is 3. The Morgan fingerprint density at radius 2 is 1.75 bits per heavy atom. The van der Waals surface area contributed by atoms with Gasteiger partial charge in [0.05, 0.1) is 12.2 Å². The van der Waals surface area contributed by atoms with Crippen molar-refractivity contribution in [3.63, 3.8) is 0 Å². The maximum Gasteiger partial charge on any atom is 0.335 e. The van der Waals surface area contributed by atoms with Gasteiger partial charge in [-0.3, -0.25) is 0 Å². The zero-order chi connectivity index (χ0) is 15.3. The second kappa shape index (κ2) is 7.19. The number of carboxylic acid groups (broad SMARTS) is 1. The summed E-state index contributed by atoms with van der Waals surface area (Å²) in [7, 11) is 0. The fourth-order valence-electron chi connectivity index (χ4n) is 2.28. The third-order valence-electron chi connectivity index (χ3n) is 3.28. The molecule has 0 atom stereocenters. The summed E-state index contributed by atoms with van der Waals surface area (Å²) in [5.74, 6) is -3.24. The second-order valence-electron chi connectivity index (χ2n) is 4.48. The number of anilines is 1. The maximum atomic E-state index is 14.1. The van der Waals surface area contributed by atoms with Crippen LogP contribution in [0.15, 0.2) is 12.1 Å². The fourth-order valence-corrected chi connectivity index (χ4v) is 2.28. The Hall–Kier alpha value is -1.69. The molecule has 2 N–H and O–H groups in total. The van der Waals surface area contributed by atoms with Gasteiger partial charge in [-0.1, -0.05) is 13.8 Å². The monoisotopic (exact) mass is 287 g/mol. The third kappa shape index (κ3) is 3.45. The molecule has 0 saturated carbocycles. The van der Waals surface area contributed by atoms with Gasteiger partial charge in [-0.2, -0.15) is 0 Å². The van der Waals surface area contributed by atoms with Gasteiger partial charge in [0.25, 0.3) is 0 Å². The van der Waals surface area contributed by atoms with Gasteiger partial charge in [0.15, 0.2) is 0 Å². The van der Waals surface area contributed by atoms with Gasteiger partial charge in [0, 0.05) is 12.6 Å². The lowest BCUT2D eigenvalue weighted by Crippen LogP contribution is -2.38. The molecule has 0 heterocycles. The van der Waals surface area contributed by atoms with Crippen molar-refractivity contribution in [1.29, 1.82) is 0 Å². The number of aliphatic hydroxyl groups is 1. The number of halogens is 2. The van der Waals surface area contributed by atoms with E-state index in [0.717, 1.165) is 12.1 Å². The Morgan fingerprint density at radius 3 is 2.10 bits per heavy atom. The first kappa shape index (κ1) is 16.4. The number of rotatable bonds is 7. The summed E-state index contributed by atoms with van der Waals surface area (Å²) in [6.07, 6.45) is 1.33. The van der Waals surface area contributed by atoms with Crippen LogP contribution in [0.2, 0.25) is 0 Å². The molecule has 0 aliphatic heterocycles. The number of hydrogen-bond donors (Lipinski definition) is 2. The van der Waals surface area contributed by atoms with Crippen LogP contribution in [0.25, 0.3) is 0 Å². The van der Waals surface area contributed by atoms with Crippen molar-refractivity contribution >= 4 is 11.7 Å². The van der Waals surface area contributed by atoms with Gasteiger partial charge in [-0.05, 0) is 25.0 Å². The lowest BCUT2D eigenvalue weighted by atomic mass is 10.1. The number of nitrogens with zero attached hydrogens (tertiary/aromatic N) is 1. The maximum absolute atomic E-state index is 14.1. The van der Waals surface area contributed by atoms with E-state index in [1.54, 1.807) is 0 Å². The Bertz CT molecular complexity index is 452. The summed E-state index contributed by atoms with van der Waals surface area (Å²) in [6.45, 7) is 3.63. The predicted molar refractivity (Wildman–Crippen MR) is 72.1 cm³/mol. The van der Waals surface area contributed by atoms with Crippen molar-refractivity contribution < 1.29 is 23.8 Å². The van der Waals surface area contributed by atoms with Crippen LogP contribution in [0.4, 0.5) is 14.5 Å². The molecule has 20 heavy (non-hydrogen) atoms. The summed E-state index contributed by atoms with van der Waals surface area (Å²) >= 11 is 0. The van der Waals surface area contributed by atoms with E-state index < -0.39 is 23.2 Å². The number of aromatic carboxylic acids is 1. The lowest BCUT2D eigenvalue weighted by Gasteiger charge is -2.32. The zero-order valence-corrected chi connectivity index (χ0v) is 11.6. The quantitative estimate of drug-likeness (QED) is 0.809. The topological polar surface area (TPSA) is 60.8 Å². The normalized spacial score (nSPS) is 10.9. The highest BCUT2D eigenvalue weighted by Crippen LogP contribution is 2.28. The molecule has 0 spiro atoms. The summed E-state index contributed by atoms with van der Waals surface area (Å²) < 4.78 is 28.1. The van der Waals surface area contributed by atoms with Crippen molar-refractivity contribution in [2.45, 2.75) is 32.7 Å². The van der Waals surface area contributed by atoms with Crippen LogP contribution in [0.1, 0.15) is 37.0 Å². The molecule has 112 valence electrons. The van der Waals surface area contributed by atoms with Crippen LogP contribution < -0.4 is 4.90 Å². The molecule has 6 heteroatoms. The number of benzene rings is 1. The number of aliphatic hydroxyl groups excluding tert-OH is 1. The van der Waals surface area contributed by atoms with E-state index in [9.17, 15) is 13.6 Å². The molecule has 4 nitrogen and oxygen atoms in total. The average Bonchev–Trinajstić information content (AvgIpc) is 2.39. The van der Waals surface area contributed by atoms with Crippen molar-refractivity contribution in [3.8, 4) is 0 Å². The van der Waals surface area contributed by atoms with E-state index >= 15 is 0 Å². The van der Waals surface area contributed by atoms with Crippen LogP contribution in [-0.4, -0.2) is 35.4 Å². The Balaban J connectivity index is 3.29. The molecule has 0 fully saturated rings. The lowest BCUT2D eigenvalue weighted by molar-refractivity contribution is 0.0695. The number of carboxylic acids is 1. The minimum Gasteiger partial charge on any atom is -0.478 e. The predicted octanol–water partition coefficient (Wildman–Crippen LogP) is 2.65. The molecule has 0 unspecified atom stereocenters. The third-order valence-corrected chi connectivity index (χ3v) is 3.28. The van der Waals surface area contributed by atoms with Gasteiger partial charge in [-0.25, -0.2) is 13.6 Å². The zero-order valence-electron chi connectivity index (χ0n) is 11.6. The summed E-state index contributed by atoms with van der Waals surface area (Å²) in [6, 6.07) is 1.47. The average molecular weight is 287 g/mol. The molecule has 1 aromatic rings. The molecular formula is C14H19F2NO3. The molecule has 0 amide bonds. The van der Waals surface area contributed by atoms with Crippen molar-refractivity contribution in [1.82, 2.24) is 0 Å². The van der Waals surface area contributed by atoms with Gasteiger partial charge in [0.2, 0.25) is 0 Å². The Kier molecular flexibility index (Phi) is 5.88. The van der Waals surface area contributed by atoms with E-state index in [4.69, 9.17) is 10.2 Å². The van der Waals surface area contributed by atoms with Crippen LogP contribution in [0, 0.1) is 11.6 Å². The SMILES string of the molecule is CCC(CC)N(CCO)c1c(F)cc(C(=O)O)cc1F. The molecule has 0 saturated heterocycles. The molecule has 0 aromatic heterocycles. The summed E-state index contributed by atoms with van der Waals surface area (Å²) in [5, 5.41) is 17.9. The van der Waals surface area contributed by atoms with Crippen LogP contribution in [0.5, 0.6) is 0 Å². The highest BCUT2D eigenvalue weighted by Gasteiger charge is 2.24. The van der Waals surface area contributed by atoms with E-state index in [1.807, 2.05) is 13.8 Å². The second-order valence-corrected chi connectivity index (χ2v) is 4.48. The summed E-state index contributed by atoms with van der Waals surface area (Å²) in [5.41, 5.74) is -0.713. The molecule has 0 aliphatic rings. The Labute approximate surface area is 116 Å². The first-order chi connectivity index (χ1) is 9.46. The standard InChI is InChI=1S/C14H19F2NO3/c1-3-10(4-2)17(5-6-18)13-11(15)7-9(14(19)20)8-12(13)16/h7-8,10,18H,3-6H2,1-2H3,(H,19,20). The van der Waals surface area contributed by atoms with Crippen molar-refractivity contribution in [3.05, 3.63) is 29.3 Å². The van der Waals surface area contributed by atoms with E-state index in [0.29, 0.717) is 12.8 Å². The minimum absolute atomic E-state index is 0.0899. The number of carbonyl (C=O) groups is 1. The first-order valence-corrected chi connectivity index (χ1v) is 6.56. The molecular weight excluding hydrogens is 268 g/mol. The van der Waals surface area contributed by atoms with Crippen LogP contribution >= 0.6 is 0 Å². The van der Waals surface area contributed by atoms with Gasteiger partial charge >= 0.3 is 5.97 Å². The highest BCUT2D eigenvalue weighted by atomic mass is 19.1. The van der Waals surface area contributed by atoms with Crippen LogP contribution in [-0.2, 0) is 0 Å². The van der Waals surface area contributed by atoms with Crippen molar-refractivity contribution in [2.24, 2.45) is 0 Å². The minimum atomic E-state index is -1.38. The van der Waals surface area contributed by atoms with Crippen LogP contribution in [0.3, 0.4) is 0 Å². The largest absolute Gasteiger partial charge is 0.478 e. The smallest absolute Gasteiger partial charge is 0.335 e. The summed E-state index contributed by atoms with van der Waals surface area (Å²) in [4.78, 5) is 12.2. The van der Waals surface area contributed by atoms with E-state index in [-0.39, 0.29) is 24.9 Å². The Morgan fingerprint density at radius 1 is 1.25 bits per heavy atom. The molecule has 0 aliphatic carbocycles. The molecule has 0 radical (unpaired) electrons.